The zero-order valence-corrected chi connectivity index (χ0v) is 8.92. The molecule has 2 N–H and O–H groups in total. The van der Waals surface area contributed by atoms with Gasteiger partial charge in [0.25, 0.3) is 0 Å². The summed E-state index contributed by atoms with van der Waals surface area (Å²) in [6.45, 7) is 0.145. The fourth-order valence-corrected chi connectivity index (χ4v) is 2.01. The van der Waals surface area contributed by atoms with Crippen LogP contribution in [0.4, 0.5) is 0 Å². The molecule has 0 saturated heterocycles. The Hall–Kier alpha value is -1.06. The molecular weight excluding hydrogens is 192 g/mol. The van der Waals surface area contributed by atoms with Gasteiger partial charge in [-0.05, 0) is 25.7 Å². The first kappa shape index (κ1) is 10.5. The standard InChI is InChI=1S/C11H18N2O2/c14-10(13-9-3-1-2-4-9)7-12-11(15)8-5-6-8/h8-9H,1-7H2,(H,12,15)(H,13,14). The van der Waals surface area contributed by atoms with Crippen molar-refractivity contribution < 1.29 is 9.59 Å². The molecular formula is C11H18N2O2. The summed E-state index contributed by atoms with van der Waals surface area (Å²) >= 11 is 0. The molecule has 2 fully saturated rings. The lowest BCUT2D eigenvalue weighted by molar-refractivity contribution is -0.127. The Balaban J connectivity index is 1.61. The van der Waals surface area contributed by atoms with Crippen LogP contribution in [0, 0.1) is 5.92 Å². The highest BCUT2D eigenvalue weighted by Crippen LogP contribution is 2.28. The summed E-state index contributed by atoms with van der Waals surface area (Å²) in [5.41, 5.74) is 0. The summed E-state index contributed by atoms with van der Waals surface area (Å²) in [5.74, 6) is 0.178. The minimum Gasteiger partial charge on any atom is -0.352 e. The van der Waals surface area contributed by atoms with Gasteiger partial charge in [0.15, 0.2) is 0 Å². The Bertz CT molecular complexity index is 255. The number of hydrogen-bond donors (Lipinski definition) is 2. The van der Waals surface area contributed by atoms with E-state index in [4.69, 9.17) is 0 Å². The van der Waals surface area contributed by atoms with E-state index in [9.17, 15) is 9.59 Å². The van der Waals surface area contributed by atoms with Gasteiger partial charge in [0.2, 0.25) is 11.8 Å². The quantitative estimate of drug-likeness (QED) is 0.712. The molecule has 0 radical (unpaired) electrons. The van der Waals surface area contributed by atoms with E-state index in [-0.39, 0.29) is 24.3 Å². The van der Waals surface area contributed by atoms with Gasteiger partial charge in [-0.25, -0.2) is 0 Å². The molecule has 2 amide bonds. The zero-order valence-electron chi connectivity index (χ0n) is 8.92. The molecule has 84 valence electrons. The summed E-state index contributed by atoms with van der Waals surface area (Å²) in [7, 11) is 0. The van der Waals surface area contributed by atoms with Crippen molar-refractivity contribution in [1.82, 2.24) is 10.6 Å². The number of carbonyl (C=O) groups excluding carboxylic acids is 2. The highest BCUT2D eigenvalue weighted by molar-refractivity contribution is 5.86. The summed E-state index contributed by atoms with van der Waals surface area (Å²) in [6.07, 6.45) is 6.55. The molecule has 0 aromatic heterocycles. The van der Waals surface area contributed by atoms with Crippen LogP contribution in [0.1, 0.15) is 38.5 Å². The Morgan fingerprint density at radius 2 is 1.73 bits per heavy atom. The molecule has 0 aromatic carbocycles. The third-order valence-corrected chi connectivity index (χ3v) is 3.09. The molecule has 2 aliphatic carbocycles. The van der Waals surface area contributed by atoms with Crippen molar-refractivity contribution >= 4 is 11.8 Å². The highest BCUT2D eigenvalue weighted by Gasteiger charge is 2.29. The molecule has 0 aromatic rings. The minimum absolute atomic E-state index is 0.0385. The summed E-state index contributed by atoms with van der Waals surface area (Å²) in [4.78, 5) is 22.7. The first-order chi connectivity index (χ1) is 7.25. The third-order valence-electron chi connectivity index (χ3n) is 3.09. The van der Waals surface area contributed by atoms with Crippen LogP contribution >= 0.6 is 0 Å². The van der Waals surface area contributed by atoms with Crippen LogP contribution in [0.3, 0.4) is 0 Å². The van der Waals surface area contributed by atoms with Crippen molar-refractivity contribution in [3.8, 4) is 0 Å². The van der Waals surface area contributed by atoms with E-state index in [1.165, 1.54) is 12.8 Å². The summed E-state index contributed by atoms with van der Waals surface area (Å²) < 4.78 is 0. The van der Waals surface area contributed by atoms with Crippen molar-refractivity contribution in [2.24, 2.45) is 5.92 Å². The van der Waals surface area contributed by atoms with E-state index >= 15 is 0 Å². The average Bonchev–Trinajstić information content (AvgIpc) is 2.95. The third kappa shape index (κ3) is 3.22. The van der Waals surface area contributed by atoms with Crippen LogP contribution in [0.25, 0.3) is 0 Å². The molecule has 0 atom stereocenters. The fraction of sp³-hybridized carbons (Fsp3) is 0.818. The molecule has 0 bridgehead atoms. The van der Waals surface area contributed by atoms with Gasteiger partial charge < -0.3 is 10.6 Å². The second kappa shape index (κ2) is 4.64. The van der Waals surface area contributed by atoms with E-state index in [1.54, 1.807) is 0 Å². The highest BCUT2D eigenvalue weighted by atomic mass is 16.2. The second-order valence-electron chi connectivity index (χ2n) is 4.54. The van der Waals surface area contributed by atoms with Gasteiger partial charge in [0, 0.05) is 12.0 Å². The minimum atomic E-state index is -0.0455. The lowest BCUT2D eigenvalue weighted by Gasteiger charge is -2.12. The van der Waals surface area contributed by atoms with Crippen LogP contribution < -0.4 is 10.6 Å². The van der Waals surface area contributed by atoms with Crippen molar-refractivity contribution in [2.45, 2.75) is 44.6 Å². The number of hydrogen-bond acceptors (Lipinski definition) is 2. The lowest BCUT2D eigenvalue weighted by Crippen LogP contribution is -2.41. The Morgan fingerprint density at radius 1 is 1.07 bits per heavy atom. The Labute approximate surface area is 89.8 Å². The van der Waals surface area contributed by atoms with Gasteiger partial charge in [-0.1, -0.05) is 12.8 Å². The molecule has 0 aliphatic heterocycles. The predicted molar refractivity (Wildman–Crippen MR) is 56.1 cm³/mol. The molecule has 2 saturated carbocycles. The normalized spacial score (nSPS) is 21.3. The van der Waals surface area contributed by atoms with Gasteiger partial charge in [0.05, 0.1) is 6.54 Å². The monoisotopic (exact) mass is 210 g/mol. The van der Waals surface area contributed by atoms with E-state index in [1.807, 2.05) is 0 Å². The fourth-order valence-electron chi connectivity index (χ4n) is 2.01. The van der Waals surface area contributed by atoms with E-state index < -0.39 is 0 Å². The van der Waals surface area contributed by atoms with Gasteiger partial charge in [0.1, 0.15) is 0 Å². The largest absolute Gasteiger partial charge is 0.352 e. The van der Waals surface area contributed by atoms with Crippen molar-refractivity contribution in [3.63, 3.8) is 0 Å². The SMILES string of the molecule is O=C(CNC(=O)C1CC1)NC1CCCC1. The lowest BCUT2D eigenvalue weighted by atomic mass is 10.2. The van der Waals surface area contributed by atoms with Crippen LogP contribution in [0.5, 0.6) is 0 Å². The summed E-state index contributed by atoms with van der Waals surface area (Å²) in [5, 5.41) is 5.61. The number of rotatable bonds is 4. The molecule has 4 heteroatoms. The van der Waals surface area contributed by atoms with E-state index in [0.29, 0.717) is 6.04 Å². The van der Waals surface area contributed by atoms with Gasteiger partial charge in [-0.15, -0.1) is 0 Å². The maximum atomic E-state index is 11.4. The second-order valence-corrected chi connectivity index (χ2v) is 4.54. The number of carbonyl (C=O) groups is 2. The molecule has 0 unspecified atom stereocenters. The number of amides is 2. The zero-order chi connectivity index (χ0) is 10.7. The molecule has 0 heterocycles. The van der Waals surface area contributed by atoms with Crippen molar-refractivity contribution in [3.05, 3.63) is 0 Å². The van der Waals surface area contributed by atoms with E-state index in [0.717, 1.165) is 25.7 Å². The average molecular weight is 210 g/mol. The van der Waals surface area contributed by atoms with Crippen LogP contribution in [-0.2, 0) is 9.59 Å². The smallest absolute Gasteiger partial charge is 0.239 e. The van der Waals surface area contributed by atoms with Crippen LogP contribution in [-0.4, -0.2) is 24.4 Å². The van der Waals surface area contributed by atoms with Crippen molar-refractivity contribution in [1.29, 1.82) is 0 Å². The van der Waals surface area contributed by atoms with Crippen molar-refractivity contribution in [2.75, 3.05) is 6.54 Å². The maximum absolute atomic E-state index is 11.4. The summed E-state index contributed by atoms with van der Waals surface area (Å²) in [6, 6.07) is 0.343. The van der Waals surface area contributed by atoms with Gasteiger partial charge >= 0.3 is 0 Å². The first-order valence-corrected chi connectivity index (χ1v) is 5.83. The first-order valence-electron chi connectivity index (χ1n) is 5.83. The topological polar surface area (TPSA) is 58.2 Å². The maximum Gasteiger partial charge on any atom is 0.239 e. The number of nitrogens with one attached hydrogen (secondary N) is 2. The van der Waals surface area contributed by atoms with E-state index in [2.05, 4.69) is 10.6 Å². The molecule has 15 heavy (non-hydrogen) atoms. The van der Waals surface area contributed by atoms with Gasteiger partial charge in [-0.2, -0.15) is 0 Å². The molecule has 2 rings (SSSR count). The molecule has 0 spiro atoms. The van der Waals surface area contributed by atoms with Gasteiger partial charge in [-0.3, -0.25) is 9.59 Å². The molecule has 2 aliphatic rings. The van der Waals surface area contributed by atoms with Crippen LogP contribution in [0.15, 0.2) is 0 Å². The predicted octanol–water partition coefficient (Wildman–Crippen LogP) is 0.571. The molecule has 4 nitrogen and oxygen atoms in total. The van der Waals surface area contributed by atoms with Crippen LogP contribution in [0.2, 0.25) is 0 Å². The Morgan fingerprint density at radius 3 is 2.33 bits per heavy atom. The Kier molecular flexibility index (Phi) is 3.23.